The lowest BCUT2D eigenvalue weighted by molar-refractivity contribution is 0.0684. The molecule has 20 heavy (non-hydrogen) atoms. The molecule has 0 saturated carbocycles. The number of aromatic nitrogens is 2. The van der Waals surface area contributed by atoms with Crippen molar-refractivity contribution in [1.29, 1.82) is 0 Å². The molecule has 106 valence electrons. The second kappa shape index (κ2) is 5.73. The number of carbonyl (C=O) groups excluding carboxylic acids is 1. The predicted octanol–water partition coefficient (Wildman–Crippen LogP) is 2.10. The molecule has 0 radical (unpaired) electrons. The number of hydrogen-bond acceptors (Lipinski definition) is 3. The van der Waals surface area contributed by atoms with Gasteiger partial charge in [0.1, 0.15) is 5.52 Å². The summed E-state index contributed by atoms with van der Waals surface area (Å²) in [5.41, 5.74) is 2.15. The molecule has 2 aromatic rings. The Morgan fingerprint density at radius 3 is 2.80 bits per heavy atom. The van der Waals surface area contributed by atoms with Crippen LogP contribution in [-0.2, 0) is 0 Å². The molecule has 0 aliphatic heterocycles. The van der Waals surface area contributed by atoms with Crippen molar-refractivity contribution in [2.24, 2.45) is 0 Å². The predicted molar refractivity (Wildman–Crippen MR) is 75.0 cm³/mol. The smallest absolute Gasteiger partial charge is 0.371 e. The van der Waals surface area contributed by atoms with Gasteiger partial charge in [-0.3, -0.25) is 4.79 Å². The summed E-state index contributed by atoms with van der Waals surface area (Å²) in [6, 6.07) is 3.51. The summed E-state index contributed by atoms with van der Waals surface area (Å²) in [6.45, 7) is 4.45. The van der Waals surface area contributed by atoms with Crippen LogP contribution in [-0.4, -0.2) is 33.5 Å². The highest BCUT2D eigenvalue weighted by Crippen LogP contribution is 2.20. The van der Waals surface area contributed by atoms with Crippen molar-refractivity contribution < 1.29 is 14.7 Å². The van der Waals surface area contributed by atoms with Gasteiger partial charge >= 0.3 is 5.97 Å². The van der Waals surface area contributed by atoms with Gasteiger partial charge in [-0.15, -0.1) is 0 Å². The highest BCUT2D eigenvalue weighted by atomic mass is 16.4. The third kappa shape index (κ3) is 2.64. The van der Waals surface area contributed by atoms with Crippen LogP contribution in [0.1, 0.15) is 46.3 Å². The molecule has 0 bridgehead atoms. The Bertz CT molecular complexity index is 661. The van der Waals surface area contributed by atoms with Gasteiger partial charge in [-0.25, -0.2) is 9.78 Å². The topological polar surface area (TPSA) is 95.1 Å². The van der Waals surface area contributed by atoms with Crippen LogP contribution < -0.4 is 5.32 Å². The van der Waals surface area contributed by atoms with E-state index >= 15 is 0 Å². The number of nitrogens with zero attached hydrogens (tertiary/aromatic N) is 1. The summed E-state index contributed by atoms with van der Waals surface area (Å²) in [6.07, 6.45) is 1.90. The average molecular weight is 275 g/mol. The van der Waals surface area contributed by atoms with Crippen molar-refractivity contribution >= 4 is 22.9 Å². The number of amides is 1. The fraction of sp³-hybridized carbons (Fsp3) is 0.357. The Kier molecular flexibility index (Phi) is 4.02. The third-order valence-electron chi connectivity index (χ3n) is 3.11. The zero-order valence-corrected chi connectivity index (χ0v) is 11.5. The number of imidazole rings is 1. The molecule has 1 amide bonds. The first-order chi connectivity index (χ1) is 9.54. The zero-order valence-electron chi connectivity index (χ0n) is 11.5. The van der Waals surface area contributed by atoms with Crippen LogP contribution in [0.15, 0.2) is 12.1 Å². The molecule has 0 fully saturated rings. The molecule has 0 atom stereocenters. The summed E-state index contributed by atoms with van der Waals surface area (Å²) in [5, 5.41) is 11.8. The number of nitrogens with one attached hydrogen (secondary N) is 2. The van der Waals surface area contributed by atoms with E-state index in [1.165, 1.54) is 0 Å². The van der Waals surface area contributed by atoms with Gasteiger partial charge in [0.05, 0.1) is 11.1 Å². The molecule has 1 aromatic heterocycles. The van der Waals surface area contributed by atoms with Crippen LogP contribution in [0, 0.1) is 6.92 Å². The Morgan fingerprint density at radius 2 is 2.15 bits per heavy atom. The van der Waals surface area contributed by atoms with E-state index in [2.05, 4.69) is 15.3 Å². The van der Waals surface area contributed by atoms with Crippen LogP contribution >= 0.6 is 0 Å². The first kappa shape index (κ1) is 14.0. The molecule has 6 nitrogen and oxygen atoms in total. The van der Waals surface area contributed by atoms with Gasteiger partial charge < -0.3 is 15.4 Å². The number of aryl methyl sites for hydroxylation is 1. The highest BCUT2D eigenvalue weighted by molar-refractivity contribution is 6.07. The van der Waals surface area contributed by atoms with Crippen LogP contribution in [0.4, 0.5) is 0 Å². The van der Waals surface area contributed by atoms with Crippen molar-refractivity contribution in [3.05, 3.63) is 29.1 Å². The molecule has 0 unspecified atom stereocenters. The summed E-state index contributed by atoms with van der Waals surface area (Å²) in [4.78, 5) is 29.9. The molecule has 0 aliphatic carbocycles. The fourth-order valence-corrected chi connectivity index (χ4v) is 2.03. The van der Waals surface area contributed by atoms with E-state index in [0.717, 1.165) is 18.4 Å². The van der Waals surface area contributed by atoms with E-state index in [0.29, 0.717) is 23.1 Å². The number of carbonyl (C=O) groups is 2. The lowest BCUT2D eigenvalue weighted by Gasteiger charge is -2.07. The number of aromatic amines is 1. The van der Waals surface area contributed by atoms with Crippen LogP contribution in [0.3, 0.4) is 0 Å². The van der Waals surface area contributed by atoms with E-state index in [4.69, 9.17) is 5.11 Å². The van der Waals surface area contributed by atoms with Gasteiger partial charge in [-0.1, -0.05) is 19.4 Å². The number of carboxylic acids is 1. The Hall–Kier alpha value is -2.37. The van der Waals surface area contributed by atoms with Gasteiger partial charge in [-0.2, -0.15) is 0 Å². The average Bonchev–Trinajstić information content (AvgIpc) is 2.82. The Morgan fingerprint density at radius 1 is 1.40 bits per heavy atom. The maximum absolute atomic E-state index is 12.2. The molecule has 0 aliphatic rings. The standard InChI is InChI=1S/C14H17N3O3/c1-3-4-7-15-13(18)10-8(2)5-6-9-11(10)17-12(16-9)14(19)20/h5-6H,3-4,7H2,1-2H3,(H,15,18)(H,16,17)(H,19,20). The number of H-pyrrole nitrogens is 1. The lowest BCUT2D eigenvalue weighted by atomic mass is 10.1. The minimum atomic E-state index is -1.14. The maximum atomic E-state index is 12.2. The summed E-state index contributed by atoms with van der Waals surface area (Å²) >= 11 is 0. The molecular formula is C14H17N3O3. The largest absolute Gasteiger partial charge is 0.475 e. The van der Waals surface area contributed by atoms with Crippen molar-refractivity contribution in [3.63, 3.8) is 0 Å². The molecule has 3 N–H and O–H groups in total. The highest BCUT2D eigenvalue weighted by Gasteiger charge is 2.18. The second-order valence-electron chi connectivity index (χ2n) is 4.65. The number of benzene rings is 1. The Balaban J connectivity index is 2.42. The number of fused-ring (bicyclic) bond motifs is 1. The quantitative estimate of drug-likeness (QED) is 0.728. The zero-order chi connectivity index (χ0) is 14.7. The molecule has 1 heterocycles. The molecule has 2 rings (SSSR count). The SMILES string of the molecule is CCCCNC(=O)c1c(C)ccc2[nH]c(C(=O)O)nc12. The first-order valence-electron chi connectivity index (χ1n) is 6.55. The lowest BCUT2D eigenvalue weighted by Crippen LogP contribution is -2.25. The summed E-state index contributed by atoms with van der Waals surface area (Å²) in [7, 11) is 0. The van der Waals surface area contributed by atoms with Crippen molar-refractivity contribution in [2.75, 3.05) is 6.54 Å². The van der Waals surface area contributed by atoms with Gasteiger partial charge in [-0.05, 0) is 25.0 Å². The third-order valence-corrected chi connectivity index (χ3v) is 3.11. The summed E-state index contributed by atoms with van der Waals surface area (Å²) in [5.74, 6) is -1.52. The van der Waals surface area contributed by atoms with E-state index in [1.807, 2.05) is 13.8 Å². The molecule has 0 saturated heterocycles. The minimum Gasteiger partial charge on any atom is -0.475 e. The van der Waals surface area contributed by atoms with Gasteiger partial charge in [0.25, 0.3) is 5.91 Å². The second-order valence-corrected chi connectivity index (χ2v) is 4.65. The van der Waals surface area contributed by atoms with E-state index < -0.39 is 5.97 Å². The first-order valence-corrected chi connectivity index (χ1v) is 6.55. The van der Waals surface area contributed by atoms with E-state index in [9.17, 15) is 9.59 Å². The monoisotopic (exact) mass is 275 g/mol. The molecule has 0 spiro atoms. The van der Waals surface area contributed by atoms with E-state index in [1.54, 1.807) is 12.1 Å². The number of rotatable bonds is 5. The normalized spacial score (nSPS) is 10.7. The number of carboxylic acid groups (broad SMARTS) is 1. The molecule has 6 heteroatoms. The molecular weight excluding hydrogens is 258 g/mol. The van der Waals surface area contributed by atoms with Crippen LogP contribution in [0.2, 0.25) is 0 Å². The molecule has 1 aromatic carbocycles. The summed E-state index contributed by atoms with van der Waals surface area (Å²) < 4.78 is 0. The fourth-order valence-electron chi connectivity index (χ4n) is 2.03. The Labute approximate surface area is 116 Å². The number of unbranched alkanes of at least 4 members (excludes halogenated alkanes) is 1. The van der Waals surface area contributed by atoms with E-state index in [-0.39, 0.29) is 11.7 Å². The van der Waals surface area contributed by atoms with Crippen LogP contribution in [0.25, 0.3) is 11.0 Å². The van der Waals surface area contributed by atoms with Gasteiger partial charge in [0.2, 0.25) is 5.82 Å². The van der Waals surface area contributed by atoms with Crippen molar-refractivity contribution in [3.8, 4) is 0 Å². The maximum Gasteiger partial charge on any atom is 0.371 e. The van der Waals surface area contributed by atoms with Crippen LogP contribution in [0.5, 0.6) is 0 Å². The van der Waals surface area contributed by atoms with Crippen molar-refractivity contribution in [2.45, 2.75) is 26.7 Å². The number of hydrogen-bond donors (Lipinski definition) is 3. The minimum absolute atomic E-state index is 0.159. The van der Waals surface area contributed by atoms with Gasteiger partial charge in [0.15, 0.2) is 0 Å². The van der Waals surface area contributed by atoms with Crippen molar-refractivity contribution in [1.82, 2.24) is 15.3 Å². The number of aromatic carboxylic acids is 1. The van der Waals surface area contributed by atoms with Gasteiger partial charge in [0, 0.05) is 6.54 Å².